The van der Waals surface area contributed by atoms with E-state index in [0.29, 0.717) is 28.7 Å². The van der Waals surface area contributed by atoms with E-state index < -0.39 is 11.9 Å². The van der Waals surface area contributed by atoms with E-state index in [2.05, 4.69) is 19.9 Å². The smallest absolute Gasteiger partial charge is 0.349 e. The summed E-state index contributed by atoms with van der Waals surface area (Å²) in [5, 5.41) is 9.76. The summed E-state index contributed by atoms with van der Waals surface area (Å²) in [5.41, 5.74) is 9.04. The highest BCUT2D eigenvalue weighted by molar-refractivity contribution is 5.74. The fraction of sp³-hybridized carbons (Fsp3) is 0.214. The molecule has 1 heterocycles. The number of nitriles is 1. The van der Waals surface area contributed by atoms with Gasteiger partial charge in [0.15, 0.2) is 6.61 Å². The van der Waals surface area contributed by atoms with Gasteiger partial charge in [0.2, 0.25) is 5.88 Å². The molecular formula is C28H26N2O5. The number of ether oxygens (including phenoxy) is 4. The Labute approximate surface area is 204 Å². The molecule has 4 rings (SSSR count). The first-order chi connectivity index (χ1) is 16.9. The summed E-state index contributed by atoms with van der Waals surface area (Å²) in [6.07, 6.45) is 0. The first kappa shape index (κ1) is 23.7. The van der Waals surface area contributed by atoms with Crippen LogP contribution in [0, 0.1) is 11.3 Å². The van der Waals surface area contributed by atoms with Crippen molar-refractivity contribution in [2.45, 2.75) is 25.7 Å². The molecule has 0 bridgehead atoms. The number of hydrogen-bond acceptors (Lipinski definition) is 7. The van der Waals surface area contributed by atoms with Crippen LogP contribution in [0.25, 0.3) is 0 Å². The zero-order valence-electron chi connectivity index (χ0n) is 19.8. The summed E-state index contributed by atoms with van der Waals surface area (Å²) in [4.78, 5) is 12.4. The Morgan fingerprint density at radius 2 is 1.77 bits per heavy atom. The molecule has 35 heavy (non-hydrogen) atoms. The maximum absolute atomic E-state index is 12.4. The minimum absolute atomic E-state index is 0.00689. The lowest BCUT2D eigenvalue weighted by Crippen LogP contribution is -2.22. The molecule has 0 aliphatic carbocycles. The highest BCUT2D eigenvalue weighted by atomic mass is 16.6. The predicted molar refractivity (Wildman–Crippen MR) is 130 cm³/mol. The minimum Gasteiger partial charge on any atom is -0.496 e. The standard InChI is InChI=1S/C28H26N2O5/c1-17(2)18-8-10-19(11-9-18)33-16-26(31)34-20-12-13-22-25(14-20)35-28(30)23(15-29)27(22)21-6-4-5-7-24(21)32-3/h4-14,17,27H,16,30H2,1-3H3. The molecule has 0 radical (unpaired) electrons. The van der Waals surface area contributed by atoms with E-state index in [1.165, 1.54) is 5.56 Å². The fourth-order valence-electron chi connectivity index (χ4n) is 3.98. The molecule has 1 aliphatic heterocycles. The van der Waals surface area contributed by atoms with Crippen molar-refractivity contribution in [1.82, 2.24) is 0 Å². The first-order valence-electron chi connectivity index (χ1n) is 11.2. The van der Waals surface area contributed by atoms with Crippen molar-refractivity contribution in [3.05, 3.63) is 94.9 Å². The van der Waals surface area contributed by atoms with Gasteiger partial charge in [0.25, 0.3) is 0 Å². The molecule has 0 saturated heterocycles. The summed E-state index contributed by atoms with van der Waals surface area (Å²) >= 11 is 0. The number of allylic oxidation sites excluding steroid dienone is 1. The van der Waals surface area contributed by atoms with Gasteiger partial charge in [-0.3, -0.25) is 0 Å². The number of hydrogen-bond donors (Lipinski definition) is 1. The topological polar surface area (TPSA) is 104 Å². The largest absolute Gasteiger partial charge is 0.496 e. The number of nitrogens with two attached hydrogens (primary N) is 1. The van der Waals surface area contributed by atoms with Crippen LogP contribution in [0.15, 0.2) is 78.2 Å². The van der Waals surface area contributed by atoms with Gasteiger partial charge < -0.3 is 24.7 Å². The molecule has 2 N–H and O–H groups in total. The molecule has 1 unspecified atom stereocenters. The number of carbonyl (C=O) groups excluding carboxylic acids is 1. The number of para-hydroxylation sites is 1. The van der Waals surface area contributed by atoms with Crippen molar-refractivity contribution in [3.8, 4) is 29.1 Å². The predicted octanol–water partition coefficient (Wildman–Crippen LogP) is 5.02. The van der Waals surface area contributed by atoms with Crippen molar-refractivity contribution in [2.24, 2.45) is 5.73 Å². The van der Waals surface area contributed by atoms with Gasteiger partial charge in [-0.2, -0.15) is 5.26 Å². The lowest BCUT2D eigenvalue weighted by atomic mass is 9.83. The second-order valence-corrected chi connectivity index (χ2v) is 8.35. The fourth-order valence-corrected chi connectivity index (χ4v) is 3.98. The Morgan fingerprint density at radius 3 is 2.46 bits per heavy atom. The molecule has 178 valence electrons. The molecule has 1 atom stereocenters. The van der Waals surface area contributed by atoms with Crippen molar-refractivity contribution in [3.63, 3.8) is 0 Å². The Hall–Kier alpha value is -4.44. The number of esters is 1. The van der Waals surface area contributed by atoms with E-state index >= 15 is 0 Å². The van der Waals surface area contributed by atoms with E-state index in [-0.39, 0.29) is 23.8 Å². The number of benzene rings is 3. The third kappa shape index (κ3) is 5.07. The van der Waals surface area contributed by atoms with Crippen LogP contribution in [-0.4, -0.2) is 19.7 Å². The quantitative estimate of drug-likeness (QED) is 0.382. The summed E-state index contributed by atoms with van der Waals surface area (Å²) < 4.78 is 22.2. The van der Waals surface area contributed by atoms with Gasteiger partial charge in [0.05, 0.1) is 13.0 Å². The van der Waals surface area contributed by atoms with E-state index in [9.17, 15) is 10.1 Å². The lowest BCUT2D eigenvalue weighted by Gasteiger charge is -2.27. The second-order valence-electron chi connectivity index (χ2n) is 8.35. The molecule has 7 heteroatoms. The zero-order chi connectivity index (χ0) is 24.9. The molecular weight excluding hydrogens is 444 g/mol. The Morgan fingerprint density at radius 1 is 1.06 bits per heavy atom. The number of nitrogens with zero attached hydrogens (tertiary/aromatic N) is 1. The van der Waals surface area contributed by atoms with Gasteiger partial charge in [-0.1, -0.05) is 50.2 Å². The van der Waals surface area contributed by atoms with Crippen LogP contribution in [0.3, 0.4) is 0 Å². The van der Waals surface area contributed by atoms with Crippen molar-refractivity contribution < 1.29 is 23.7 Å². The van der Waals surface area contributed by atoms with Gasteiger partial charge in [-0.25, -0.2) is 4.79 Å². The van der Waals surface area contributed by atoms with E-state index in [1.54, 1.807) is 25.3 Å². The molecule has 0 amide bonds. The number of carbonyl (C=O) groups is 1. The van der Waals surface area contributed by atoms with Crippen LogP contribution in [0.5, 0.6) is 23.0 Å². The highest BCUT2D eigenvalue weighted by Crippen LogP contribution is 2.45. The van der Waals surface area contributed by atoms with E-state index in [1.807, 2.05) is 48.5 Å². The molecule has 7 nitrogen and oxygen atoms in total. The number of methoxy groups -OCH3 is 1. The Kier molecular flexibility index (Phi) is 6.93. The van der Waals surface area contributed by atoms with Gasteiger partial charge in [-0.05, 0) is 35.7 Å². The Bertz CT molecular complexity index is 1310. The molecule has 1 aliphatic rings. The SMILES string of the molecule is COc1ccccc1C1C(C#N)=C(N)Oc2cc(OC(=O)COc3ccc(C(C)C)cc3)ccc21. The number of rotatable bonds is 7. The van der Waals surface area contributed by atoms with Crippen LogP contribution in [0.1, 0.15) is 42.4 Å². The maximum Gasteiger partial charge on any atom is 0.349 e. The Balaban J connectivity index is 1.52. The van der Waals surface area contributed by atoms with E-state index in [4.69, 9.17) is 24.7 Å². The third-order valence-electron chi connectivity index (χ3n) is 5.78. The summed E-state index contributed by atoms with van der Waals surface area (Å²) in [5.74, 6) is 1.25. The highest BCUT2D eigenvalue weighted by Gasteiger charge is 2.32. The average molecular weight is 471 g/mol. The van der Waals surface area contributed by atoms with Crippen LogP contribution in [-0.2, 0) is 4.79 Å². The monoisotopic (exact) mass is 470 g/mol. The molecule has 0 fully saturated rings. The normalized spacial score (nSPS) is 14.5. The minimum atomic E-state index is -0.559. The van der Waals surface area contributed by atoms with Crippen molar-refractivity contribution >= 4 is 5.97 Å². The molecule has 0 spiro atoms. The molecule has 0 aromatic heterocycles. The summed E-state index contributed by atoms with van der Waals surface area (Å²) in [6.45, 7) is 3.97. The van der Waals surface area contributed by atoms with Gasteiger partial charge >= 0.3 is 5.97 Å². The summed E-state index contributed by atoms with van der Waals surface area (Å²) in [6, 6.07) is 22.2. The molecule has 3 aromatic carbocycles. The van der Waals surface area contributed by atoms with Crippen LogP contribution in [0.4, 0.5) is 0 Å². The van der Waals surface area contributed by atoms with Crippen LogP contribution >= 0.6 is 0 Å². The van der Waals surface area contributed by atoms with E-state index in [0.717, 1.165) is 5.56 Å². The first-order valence-corrected chi connectivity index (χ1v) is 11.2. The van der Waals surface area contributed by atoms with Gasteiger partial charge in [0.1, 0.15) is 34.6 Å². The van der Waals surface area contributed by atoms with Crippen molar-refractivity contribution in [2.75, 3.05) is 13.7 Å². The van der Waals surface area contributed by atoms with Gasteiger partial charge in [-0.15, -0.1) is 0 Å². The second kappa shape index (κ2) is 10.2. The third-order valence-corrected chi connectivity index (χ3v) is 5.78. The molecule has 3 aromatic rings. The van der Waals surface area contributed by atoms with Gasteiger partial charge in [0, 0.05) is 17.2 Å². The van der Waals surface area contributed by atoms with Crippen molar-refractivity contribution in [1.29, 1.82) is 5.26 Å². The molecule has 0 saturated carbocycles. The van der Waals surface area contributed by atoms with Crippen LogP contribution in [0.2, 0.25) is 0 Å². The van der Waals surface area contributed by atoms with Crippen LogP contribution < -0.4 is 24.7 Å². The average Bonchev–Trinajstić information content (AvgIpc) is 2.86. The zero-order valence-corrected chi connectivity index (χ0v) is 19.8. The maximum atomic E-state index is 12.4. The lowest BCUT2D eigenvalue weighted by molar-refractivity contribution is -0.136. The summed E-state index contributed by atoms with van der Waals surface area (Å²) in [7, 11) is 1.57. The number of fused-ring (bicyclic) bond motifs is 1.